The summed E-state index contributed by atoms with van der Waals surface area (Å²) in [7, 11) is 0. The number of amides is 1. The van der Waals surface area contributed by atoms with Crippen LogP contribution in [0.15, 0.2) is 12.1 Å². The van der Waals surface area contributed by atoms with Crippen molar-refractivity contribution < 1.29 is 9.59 Å². The molecule has 106 valence electrons. The van der Waals surface area contributed by atoms with Gasteiger partial charge in [0.05, 0.1) is 11.4 Å². The number of ketones is 1. The largest absolute Gasteiger partial charge is 0.325 e. The molecule has 1 amide bonds. The molecule has 1 heterocycles. The first-order valence-electron chi connectivity index (χ1n) is 7.31. The van der Waals surface area contributed by atoms with Gasteiger partial charge in [-0.15, -0.1) is 0 Å². The number of anilines is 1. The van der Waals surface area contributed by atoms with Crippen LogP contribution in [0.2, 0.25) is 5.02 Å². The lowest BCUT2D eigenvalue weighted by Crippen LogP contribution is -2.14. The van der Waals surface area contributed by atoms with E-state index in [1.54, 1.807) is 6.07 Å². The summed E-state index contributed by atoms with van der Waals surface area (Å²) in [6.07, 6.45) is 6.96. The maximum absolute atomic E-state index is 12.7. The Bertz CT molecular complexity index is 560. The van der Waals surface area contributed by atoms with Gasteiger partial charge in [0.2, 0.25) is 5.91 Å². The van der Waals surface area contributed by atoms with Gasteiger partial charge in [-0.2, -0.15) is 0 Å². The minimum absolute atomic E-state index is 0.0323. The van der Waals surface area contributed by atoms with Gasteiger partial charge in [0.15, 0.2) is 5.78 Å². The molecule has 0 bridgehead atoms. The van der Waals surface area contributed by atoms with E-state index in [0.29, 0.717) is 17.0 Å². The van der Waals surface area contributed by atoms with Gasteiger partial charge in [0, 0.05) is 17.2 Å². The van der Waals surface area contributed by atoms with Crippen LogP contribution in [0.1, 0.15) is 54.4 Å². The Kier molecular flexibility index (Phi) is 3.79. The lowest BCUT2D eigenvalue weighted by Gasteiger charge is -2.14. The lowest BCUT2D eigenvalue weighted by atomic mass is 9.90. The Labute approximate surface area is 123 Å². The Morgan fingerprint density at radius 2 is 1.85 bits per heavy atom. The van der Waals surface area contributed by atoms with Gasteiger partial charge in [-0.05, 0) is 30.5 Å². The summed E-state index contributed by atoms with van der Waals surface area (Å²) in [6, 6.07) is 3.52. The van der Waals surface area contributed by atoms with Crippen molar-refractivity contribution in [3.63, 3.8) is 0 Å². The molecule has 0 atom stereocenters. The van der Waals surface area contributed by atoms with Crippen molar-refractivity contribution in [2.45, 2.75) is 44.9 Å². The number of Topliss-reactive ketones (excluding diaryl/α,β-unsaturated/α-hetero) is 1. The van der Waals surface area contributed by atoms with Gasteiger partial charge in [-0.25, -0.2) is 0 Å². The first kappa shape index (κ1) is 13.6. The standard InChI is InChI=1S/C16H18ClNO2/c17-13-9-14-11(8-15(19)18-14)7-12(13)16(20)10-5-3-1-2-4-6-10/h7,9-10H,1-6,8H2,(H,18,19). The summed E-state index contributed by atoms with van der Waals surface area (Å²) in [5.74, 6) is 0.215. The third kappa shape index (κ3) is 2.59. The molecule has 1 saturated carbocycles. The number of carbonyl (C=O) groups excluding carboxylic acids is 2. The molecule has 3 rings (SSSR count). The van der Waals surface area contributed by atoms with Crippen LogP contribution in [-0.4, -0.2) is 11.7 Å². The maximum Gasteiger partial charge on any atom is 0.228 e. The highest BCUT2D eigenvalue weighted by Crippen LogP contribution is 2.33. The first-order chi connectivity index (χ1) is 9.65. The second kappa shape index (κ2) is 5.57. The second-order valence-electron chi connectivity index (χ2n) is 5.77. The van der Waals surface area contributed by atoms with E-state index in [4.69, 9.17) is 11.6 Å². The topological polar surface area (TPSA) is 46.2 Å². The van der Waals surface area contributed by atoms with Gasteiger partial charge < -0.3 is 5.32 Å². The summed E-state index contributed by atoms with van der Waals surface area (Å²) >= 11 is 6.24. The number of nitrogens with one attached hydrogen (secondary N) is 1. The highest BCUT2D eigenvalue weighted by Gasteiger charge is 2.26. The van der Waals surface area contributed by atoms with E-state index in [9.17, 15) is 9.59 Å². The summed E-state index contributed by atoms with van der Waals surface area (Å²) in [4.78, 5) is 24.1. The van der Waals surface area contributed by atoms with Crippen LogP contribution in [0.25, 0.3) is 0 Å². The quantitative estimate of drug-likeness (QED) is 0.661. The van der Waals surface area contributed by atoms with E-state index >= 15 is 0 Å². The predicted molar refractivity (Wildman–Crippen MR) is 79.3 cm³/mol. The molecule has 1 aromatic carbocycles. The molecular formula is C16H18ClNO2. The highest BCUT2D eigenvalue weighted by atomic mass is 35.5. The zero-order valence-corrected chi connectivity index (χ0v) is 12.1. The van der Waals surface area contributed by atoms with Crippen LogP contribution in [0.3, 0.4) is 0 Å². The lowest BCUT2D eigenvalue weighted by molar-refractivity contribution is -0.115. The van der Waals surface area contributed by atoms with E-state index in [1.807, 2.05) is 6.07 Å². The van der Waals surface area contributed by atoms with Crippen molar-refractivity contribution in [3.8, 4) is 0 Å². The molecule has 0 saturated heterocycles. The molecule has 4 heteroatoms. The summed E-state index contributed by atoms with van der Waals surface area (Å²) in [5.41, 5.74) is 2.22. The van der Waals surface area contributed by atoms with Gasteiger partial charge in [0.1, 0.15) is 0 Å². The molecule has 1 N–H and O–H groups in total. The SMILES string of the molecule is O=C1Cc2cc(C(=O)C3CCCCCC3)c(Cl)cc2N1. The molecule has 0 unspecified atom stereocenters. The van der Waals surface area contributed by atoms with Crippen molar-refractivity contribution in [3.05, 3.63) is 28.3 Å². The molecule has 20 heavy (non-hydrogen) atoms. The number of fused-ring (bicyclic) bond motifs is 1. The minimum atomic E-state index is -0.0323. The summed E-state index contributed by atoms with van der Waals surface area (Å²) in [5, 5.41) is 3.22. The van der Waals surface area contributed by atoms with Crippen LogP contribution in [0, 0.1) is 5.92 Å². The van der Waals surface area contributed by atoms with Gasteiger partial charge in [-0.1, -0.05) is 37.3 Å². The number of carbonyl (C=O) groups is 2. The first-order valence-corrected chi connectivity index (χ1v) is 7.69. The average molecular weight is 292 g/mol. The Morgan fingerprint density at radius 1 is 1.15 bits per heavy atom. The van der Waals surface area contributed by atoms with Crippen LogP contribution < -0.4 is 5.32 Å². The minimum Gasteiger partial charge on any atom is -0.325 e. The Hall–Kier alpha value is -1.35. The number of halogens is 1. The van der Waals surface area contributed by atoms with Crippen LogP contribution in [-0.2, 0) is 11.2 Å². The zero-order chi connectivity index (χ0) is 14.1. The molecule has 1 aromatic rings. The van der Waals surface area contributed by atoms with Gasteiger partial charge in [-0.3, -0.25) is 9.59 Å². The number of rotatable bonds is 2. The predicted octanol–water partition coefficient (Wildman–Crippen LogP) is 3.99. The maximum atomic E-state index is 12.7. The highest BCUT2D eigenvalue weighted by molar-refractivity contribution is 6.34. The number of hydrogen-bond donors (Lipinski definition) is 1. The molecule has 2 aliphatic rings. The summed E-state index contributed by atoms with van der Waals surface area (Å²) < 4.78 is 0. The van der Waals surface area contributed by atoms with Gasteiger partial charge in [0.25, 0.3) is 0 Å². The molecule has 1 aliphatic carbocycles. The Morgan fingerprint density at radius 3 is 2.55 bits per heavy atom. The van der Waals surface area contributed by atoms with E-state index in [-0.39, 0.29) is 17.6 Å². The van der Waals surface area contributed by atoms with Crippen LogP contribution >= 0.6 is 11.6 Å². The molecule has 1 aliphatic heterocycles. The third-order valence-corrected chi connectivity index (χ3v) is 4.62. The number of hydrogen-bond acceptors (Lipinski definition) is 2. The van der Waals surface area contributed by atoms with Crippen molar-refractivity contribution in [2.75, 3.05) is 5.32 Å². The van der Waals surface area contributed by atoms with E-state index in [0.717, 1.165) is 36.9 Å². The molecular weight excluding hydrogens is 274 g/mol. The van der Waals surface area contributed by atoms with Crippen molar-refractivity contribution in [2.24, 2.45) is 5.92 Å². The van der Waals surface area contributed by atoms with E-state index in [1.165, 1.54) is 12.8 Å². The van der Waals surface area contributed by atoms with E-state index in [2.05, 4.69) is 5.32 Å². The van der Waals surface area contributed by atoms with E-state index < -0.39 is 0 Å². The van der Waals surface area contributed by atoms with Crippen molar-refractivity contribution >= 4 is 29.0 Å². The number of benzene rings is 1. The third-order valence-electron chi connectivity index (χ3n) is 4.31. The normalized spacial score (nSPS) is 19.4. The fraction of sp³-hybridized carbons (Fsp3) is 0.500. The van der Waals surface area contributed by atoms with Crippen molar-refractivity contribution in [1.29, 1.82) is 0 Å². The van der Waals surface area contributed by atoms with Crippen LogP contribution in [0.4, 0.5) is 5.69 Å². The average Bonchev–Trinajstić information content (AvgIpc) is 2.64. The zero-order valence-electron chi connectivity index (χ0n) is 11.4. The molecule has 0 radical (unpaired) electrons. The second-order valence-corrected chi connectivity index (χ2v) is 6.17. The Balaban J connectivity index is 1.88. The molecule has 3 nitrogen and oxygen atoms in total. The molecule has 1 fully saturated rings. The summed E-state index contributed by atoms with van der Waals surface area (Å²) in [6.45, 7) is 0. The van der Waals surface area contributed by atoms with Gasteiger partial charge >= 0.3 is 0 Å². The van der Waals surface area contributed by atoms with Crippen molar-refractivity contribution in [1.82, 2.24) is 0 Å². The fourth-order valence-electron chi connectivity index (χ4n) is 3.20. The smallest absolute Gasteiger partial charge is 0.228 e. The molecule has 0 aromatic heterocycles. The van der Waals surface area contributed by atoms with Crippen LogP contribution in [0.5, 0.6) is 0 Å². The fourth-order valence-corrected chi connectivity index (χ4v) is 3.46. The monoisotopic (exact) mass is 291 g/mol. The molecule has 0 spiro atoms.